The van der Waals surface area contributed by atoms with Crippen molar-refractivity contribution in [2.24, 2.45) is 0 Å². The Morgan fingerprint density at radius 2 is 1.55 bits per heavy atom. The Balaban J connectivity index is 3.30. The molecule has 0 aliphatic carbocycles. The summed E-state index contributed by atoms with van der Waals surface area (Å²) in [5.74, 6) is 0.694. The third-order valence-electron chi connectivity index (χ3n) is 4.71. The van der Waals surface area contributed by atoms with Crippen molar-refractivity contribution in [3.8, 4) is 0 Å². The first-order valence-corrected chi connectivity index (χ1v) is 12.7. The van der Waals surface area contributed by atoms with E-state index in [1.807, 2.05) is 12.1 Å². The first-order chi connectivity index (χ1) is 13.2. The molecule has 8 heteroatoms. The van der Waals surface area contributed by atoms with E-state index in [1.54, 1.807) is 6.92 Å². The van der Waals surface area contributed by atoms with Crippen molar-refractivity contribution in [2.45, 2.75) is 75.7 Å². The van der Waals surface area contributed by atoms with Crippen LogP contribution >= 0.6 is 34.8 Å². The van der Waals surface area contributed by atoms with E-state index in [1.165, 1.54) is 0 Å². The number of halogens is 3. The van der Waals surface area contributed by atoms with Crippen LogP contribution in [0.3, 0.4) is 0 Å². The molecule has 0 saturated carbocycles. The number of aliphatic hydroxyl groups is 1. The van der Waals surface area contributed by atoms with Crippen molar-refractivity contribution in [2.75, 3.05) is 18.2 Å². The summed E-state index contributed by atoms with van der Waals surface area (Å²) >= 11 is 18.0. The average molecular weight is 488 g/mol. The topological polar surface area (TPSA) is 63.6 Å². The van der Waals surface area contributed by atoms with Gasteiger partial charge in [0.1, 0.15) is 9.93 Å². The number of unbranched alkanes of at least 4 members (excludes halogenated alkanes) is 1. The Morgan fingerprint density at radius 3 is 1.97 bits per heavy atom. The van der Waals surface area contributed by atoms with Crippen molar-refractivity contribution in [1.29, 1.82) is 0 Å². The van der Waals surface area contributed by atoms with Gasteiger partial charge in [-0.15, -0.1) is 34.8 Å². The van der Waals surface area contributed by atoms with Gasteiger partial charge in [0, 0.05) is 12.3 Å². The predicted octanol–water partition coefficient (Wildman–Crippen LogP) is 6.07. The maximum Gasteiger partial charge on any atom is 0.267 e. The zero-order chi connectivity index (χ0) is 22.5. The van der Waals surface area contributed by atoms with E-state index < -0.39 is 26.7 Å². The second-order valence-electron chi connectivity index (χ2n) is 8.40. The molecule has 0 heterocycles. The van der Waals surface area contributed by atoms with E-state index in [2.05, 4.69) is 33.8 Å². The molecule has 0 amide bonds. The monoisotopic (exact) mass is 486 g/mol. The summed E-state index contributed by atoms with van der Waals surface area (Å²) in [6, 6.07) is 5.85. The van der Waals surface area contributed by atoms with E-state index in [0.29, 0.717) is 24.3 Å². The second kappa shape index (κ2) is 11.0. The third kappa shape index (κ3) is 9.32. The van der Waals surface area contributed by atoms with Crippen molar-refractivity contribution >= 4 is 44.9 Å². The third-order valence-corrected chi connectivity index (χ3v) is 6.51. The number of benzene rings is 1. The van der Waals surface area contributed by atoms with E-state index in [0.717, 1.165) is 11.1 Å². The van der Waals surface area contributed by atoms with Crippen LogP contribution < -0.4 is 0 Å². The normalized spacial score (nSPS) is 15.1. The predicted molar refractivity (Wildman–Crippen MR) is 123 cm³/mol. The van der Waals surface area contributed by atoms with Crippen molar-refractivity contribution < 1.29 is 17.7 Å². The average Bonchev–Trinajstić information content (AvgIpc) is 2.58. The molecule has 1 rings (SSSR count). The lowest BCUT2D eigenvalue weighted by molar-refractivity contribution is -0.0175. The minimum atomic E-state index is -3.81. The van der Waals surface area contributed by atoms with E-state index in [4.69, 9.17) is 39.0 Å². The standard InChI is InChI=1S/C21H33Cl3O4S/c1-15(2)17-10-18(16(3)4)12-19(11-17)21(25,13-20(5,23)24)14-28-29(26,27)9-7-6-8-22/h10-12,15-16,25H,6-9,13-14H2,1-5H3. The zero-order valence-corrected chi connectivity index (χ0v) is 20.9. The largest absolute Gasteiger partial charge is 0.383 e. The molecule has 0 saturated heterocycles. The Labute approximate surface area is 191 Å². The summed E-state index contributed by atoms with van der Waals surface area (Å²) < 4.78 is 28.4. The fraction of sp³-hybridized carbons (Fsp3) is 0.714. The van der Waals surface area contributed by atoms with Crippen molar-refractivity contribution in [3.05, 3.63) is 34.9 Å². The summed E-state index contributed by atoms with van der Waals surface area (Å²) in [4.78, 5) is 0. The molecular formula is C21H33Cl3O4S. The molecule has 0 spiro atoms. The van der Waals surface area contributed by atoms with Crippen molar-refractivity contribution in [1.82, 2.24) is 0 Å². The molecule has 0 bridgehead atoms. The lowest BCUT2D eigenvalue weighted by Gasteiger charge is -2.33. The van der Waals surface area contributed by atoms with Gasteiger partial charge in [-0.1, -0.05) is 45.9 Å². The van der Waals surface area contributed by atoms with Gasteiger partial charge in [-0.25, -0.2) is 0 Å². The van der Waals surface area contributed by atoms with Crippen LogP contribution in [0.1, 0.15) is 82.4 Å². The SMILES string of the molecule is CC(C)c1cc(C(C)C)cc(C(O)(COS(=O)(=O)CCCCCl)CC(C)(Cl)Cl)c1. The van der Waals surface area contributed by atoms with Crippen LogP contribution in [0.4, 0.5) is 0 Å². The molecule has 1 unspecified atom stereocenters. The van der Waals surface area contributed by atoms with E-state index in [-0.39, 0.29) is 24.0 Å². The maximum absolute atomic E-state index is 12.3. The highest BCUT2D eigenvalue weighted by Gasteiger charge is 2.39. The highest BCUT2D eigenvalue weighted by Crippen LogP contribution is 2.39. The highest BCUT2D eigenvalue weighted by atomic mass is 35.5. The van der Waals surface area contributed by atoms with Crippen LogP contribution in [0.5, 0.6) is 0 Å². The number of hydrogen-bond acceptors (Lipinski definition) is 4. The van der Waals surface area contributed by atoms with Crippen LogP contribution in [0, 0.1) is 0 Å². The molecule has 0 aliphatic heterocycles. The summed E-state index contributed by atoms with van der Waals surface area (Å²) in [5, 5.41) is 11.5. The Bertz CT molecular complexity index is 731. The molecule has 0 aromatic heterocycles. The maximum atomic E-state index is 12.3. The van der Waals surface area contributed by atoms with Crippen molar-refractivity contribution in [3.63, 3.8) is 0 Å². The van der Waals surface area contributed by atoms with Crippen LogP contribution in [0.2, 0.25) is 0 Å². The summed E-state index contributed by atoms with van der Waals surface area (Å²) in [7, 11) is -3.81. The smallest absolute Gasteiger partial charge is 0.267 e. The van der Waals surface area contributed by atoms with Gasteiger partial charge in [-0.3, -0.25) is 4.18 Å². The molecule has 1 N–H and O–H groups in total. The fourth-order valence-electron chi connectivity index (χ4n) is 2.98. The first-order valence-electron chi connectivity index (χ1n) is 9.88. The zero-order valence-electron chi connectivity index (χ0n) is 17.8. The molecule has 29 heavy (non-hydrogen) atoms. The highest BCUT2D eigenvalue weighted by molar-refractivity contribution is 7.86. The second-order valence-corrected chi connectivity index (χ2v) is 12.4. The van der Waals surface area contributed by atoms with Gasteiger partial charge in [0.15, 0.2) is 0 Å². The Hall–Kier alpha value is -0.0400. The summed E-state index contributed by atoms with van der Waals surface area (Å²) in [6.45, 7) is 9.36. The number of alkyl halides is 3. The minimum absolute atomic E-state index is 0.0839. The first kappa shape index (κ1) is 27.0. The van der Waals surface area contributed by atoms with Gasteiger partial charge in [0.2, 0.25) is 0 Å². The molecule has 0 fully saturated rings. The van der Waals surface area contributed by atoms with Crippen LogP contribution in [-0.4, -0.2) is 36.1 Å². The molecule has 0 aliphatic rings. The molecule has 1 aromatic rings. The van der Waals surface area contributed by atoms with Crippen LogP contribution in [-0.2, 0) is 19.9 Å². The van der Waals surface area contributed by atoms with Crippen LogP contribution in [0.25, 0.3) is 0 Å². The fourth-order valence-corrected chi connectivity index (χ4v) is 4.66. The van der Waals surface area contributed by atoms with Gasteiger partial charge in [0.25, 0.3) is 10.1 Å². The molecule has 1 atom stereocenters. The number of hydrogen-bond donors (Lipinski definition) is 1. The molecule has 1 aromatic carbocycles. The Kier molecular flexibility index (Phi) is 10.3. The van der Waals surface area contributed by atoms with E-state index in [9.17, 15) is 13.5 Å². The lowest BCUT2D eigenvalue weighted by atomic mass is 9.84. The molecule has 168 valence electrons. The number of rotatable bonds is 12. The minimum Gasteiger partial charge on any atom is -0.383 e. The van der Waals surface area contributed by atoms with Gasteiger partial charge in [0.05, 0.1) is 12.4 Å². The van der Waals surface area contributed by atoms with Gasteiger partial charge >= 0.3 is 0 Å². The van der Waals surface area contributed by atoms with Gasteiger partial charge in [-0.05, 0) is 48.3 Å². The van der Waals surface area contributed by atoms with E-state index >= 15 is 0 Å². The van der Waals surface area contributed by atoms with Gasteiger partial charge in [-0.2, -0.15) is 8.42 Å². The quantitative estimate of drug-likeness (QED) is 0.221. The molecule has 0 radical (unpaired) electrons. The lowest BCUT2D eigenvalue weighted by Crippen LogP contribution is -2.38. The van der Waals surface area contributed by atoms with Crippen LogP contribution in [0.15, 0.2) is 18.2 Å². The summed E-state index contributed by atoms with van der Waals surface area (Å²) in [5.41, 5.74) is 0.976. The summed E-state index contributed by atoms with van der Waals surface area (Å²) in [6.07, 6.45) is 0.886. The molecule has 4 nitrogen and oxygen atoms in total. The van der Waals surface area contributed by atoms with Gasteiger partial charge < -0.3 is 5.11 Å². The molecular weight excluding hydrogens is 455 g/mol. The Morgan fingerprint density at radius 1 is 1.03 bits per heavy atom.